The van der Waals surface area contributed by atoms with Crippen molar-refractivity contribution in [1.82, 2.24) is 5.32 Å². The van der Waals surface area contributed by atoms with E-state index in [1.807, 2.05) is 48.5 Å². The molecule has 0 radical (unpaired) electrons. The molecule has 0 aliphatic carbocycles. The average molecular weight is 446 g/mol. The zero-order valence-electron chi connectivity index (χ0n) is 18.7. The lowest BCUT2D eigenvalue weighted by atomic mass is 9.83. The summed E-state index contributed by atoms with van der Waals surface area (Å²) in [4.78, 5) is 17.8. The van der Waals surface area contributed by atoms with Gasteiger partial charge >= 0.3 is 0 Å². The van der Waals surface area contributed by atoms with Gasteiger partial charge in [-0.25, -0.2) is 4.39 Å². The van der Waals surface area contributed by atoms with Gasteiger partial charge in [0.05, 0.1) is 24.8 Å². The zero-order valence-corrected chi connectivity index (χ0v) is 18.7. The SMILES string of the molecule is COc1ccc2c(c1)N1CCN(c3ccccc3F)C[C@@H]1[C@H](C(=O)NCc1ccccc1)C2. The quantitative estimate of drug-likeness (QED) is 0.645. The van der Waals surface area contributed by atoms with Crippen LogP contribution >= 0.6 is 0 Å². The van der Waals surface area contributed by atoms with Crippen molar-refractivity contribution >= 4 is 17.3 Å². The maximum atomic E-state index is 14.5. The summed E-state index contributed by atoms with van der Waals surface area (Å²) < 4.78 is 20.0. The molecule has 3 aromatic rings. The fraction of sp³-hybridized carbons (Fsp3) is 0.296. The lowest BCUT2D eigenvalue weighted by Crippen LogP contribution is -2.61. The number of amides is 1. The smallest absolute Gasteiger partial charge is 0.225 e. The Morgan fingerprint density at radius 3 is 2.61 bits per heavy atom. The van der Waals surface area contributed by atoms with Gasteiger partial charge in [-0.1, -0.05) is 48.5 Å². The van der Waals surface area contributed by atoms with Crippen LogP contribution in [0.1, 0.15) is 11.1 Å². The number of hydrogen-bond acceptors (Lipinski definition) is 4. The predicted octanol–water partition coefficient (Wildman–Crippen LogP) is 4.02. The van der Waals surface area contributed by atoms with Crippen LogP contribution in [-0.2, 0) is 17.8 Å². The van der Waals surface area contributed by atoms with Gasteiger partial charge in [-0.05, 0) is 35.7 Å². The van der Waals surface area contributed by atoms with Crippen molar-refractivity contribution in [2.45, 2.75) is 19.0 Å². The first-order chi connectivity index (χ1) is 16.1. The summed E-state index contributed by atoms with van der Waals surface area (Å²) in [6, 6.07) is 22.8. The Morgan fingerprint density at radius 1 is 1.03 bits per heavy atom. The number of carbonyl (C=O) groups excluding carboxylic acids is 1. The van der Waals surface area contributed by atoms with Crippen molar-refractivity contribution in [2.24, 2.45) is 5.92 Å². The molecule has 1 N–H and O–H groups in total. The van der Waals surface area contributed by atoms with Crippen molar-refractivity contribution < 1.29 is 13.9 Å². The third-order valence-corrected chi connectivity index (χ3v) is 6.76. The van der Waals surface area contributed by atoms with Crippen LogP contribution in [0.25, 0.3) is 0 Å². The van der Waals surface area contributed by atoms with E-state index in [-0.39, 0.29) is 23.7 Å². The highest BCUT2D eigenvalue weighted by Crippen LogP contribution is 2.39. The lowest BCUT2D eigenvalue weighted by Gasteiger charge is -2.49. The maximum Gasteiger partial charge on any atom is 0.225 e. The molecule has 6 heteroatoms. The van der Waals surface area contributed by atoms with Gasteiger partial charge in [-0.2, -0.15) is 0 Å². The van der Waals surface area contributed by atoms with Crippen molar-refractivity contribution in [3.05, 3.63) is 89.7 Å². The number of hydrogen-bond donors (Lipinski definition) is 1. The molecule has 2 aliphatic rings. The molecule has 2 heterocycles. The number of nitrogens with one attached hydrogen (secondary N) is 1. The largest absolute Gasteiger partial charge is 0.497 e. The third-order valence-electron chi connectivity index (χ3n) is 6.76. The van der Waals surface area contributed by atoms with Crippen LogP contribution < -0.4 is 19.9 Å². The van der Waals surface area contributed by atoms with E-state index in [0.29, 0.717) is 38.3 Å². The summed E-state index contributed by atoms with van der Waals surface area (Å²) >= 11 is 0. The van der Waals surface area contributed by atoms with Crippen LogP contribution in [0.15, 0.2) is 72.8 Å². The van der Waals surface area contributed by atoms with Crippen LogP contribution in [0.2, 0.25) is 0 Å². The Morgan fingerprint density at radius 2 is 1.82 bits per heavy atom. The molecule has 2 aliphatic heterocycles. The fourth-order valence-corrected chi connectivity index (χ4v) is 5.05. The number of carbonyl (C=O) groups is 1. The van der Waals surface area contributed by atoms with Crippen LogP contribution in [-0.4, -0.2) is 38.7 Å². The number of piperazine rings is 1. The normalized spacial score (nSPS) is 19.5. The highest BCUT2D eigenvalue weighted by atomic mass is 19.1. The highest BCUT2D eigenvalue weighted by Gasteiger charge is 2.42. The van der Waals surface area contributed by atoms with Gasteiger partial charge in [-0.15, -0.1) is 0 Å². The van der Waals surface area contributed by atoms with Gasteiger partial charge in [0.25, 0.3) is 0 Å². The predicted molar refractivity (Wildman–Crippen MR) is 128 cm³/mol. The molecule has 0 aromatic heterocycles. The molecule has 170 valence electrons. The third kappa shape index (κ3) is 4.25. The molecule has 0 unspecified atom stereocenters. The number of nitrogens with zero attached hydrogens (tertiary/aromatic N) is 2. The van der Waals surface area contributed by atoms with Gasteiger partial charge < -0.3 is 19.9 Å². The van der Waals surface area contributed by atoms with Crippen LogP contribution in [0, 0.1) is 11.7 Å². The second-order valence-corrected chi connectivity index (χ2v) is 8.67. The Labute approximate surface area is 193 Å². The minimum absolute atomic E-state index is 0.0331. The van der Waals surface area contributed by atoms with Crippen molar-refractivity contribution in [2.75, 3.05) is 36.5 Å². The number of para-hydroxylation sites is 1. The molecule has 2 atom stereocenters. The maximum absolute atomic E-state index is 14.5. The topological polar surface area (TPSA) is 44.8 Å². The van der Waals surface area contributed by atoms with Gasteiger partial charge in [0.1, 0.15) is 11.6 Å². The molecule has 0 spiro atoms. The van der Waals surface area contributed by atoms with Gasteiger partial charge in [0, 0.05) is 37.9 Å². The number of benzene rings is 3. The van der Waals surface area contributed by atoms with E-state index < -0.39 is 0 Å². The van der Waals surface area contributed by atoms with Gasteiger partial charge in [0.2, 0.25) is 5.91 Å². The lowest BCUT2D eigenvalue weighted by molar-refractivity contribution is -0.126. The van der Waals surface area contributed by atoms with Gasteiger partial charge in [-0.3, -0.25) is 4.79 Å². The molecular weight excluding hydrogens is 417 g/mol. The van der Waals surface area contributed by atoms with Crippen LogP contribution in [0.3, 0.4) is 0 Å². The number of anilines is 2. The minimum atomic E-state index is -0.232. The summed E-state index contributed by atoms with van der Waals surface area (Å²) in [5, 5.41) is 3.14. The average Bonchev–Trinajstić information content (AvgIpc) is 2.87. The fourth-order valence-electron chi connectivity index (χ4n) is 5.05. The Kier molecular flexibility index (Phi) is 5.90. The van der Waals surface area contributed by atoms with E-state index in [0.717, 1.165) is 22.6 Å². The first kappa shape index (κ1) is 21.3. The number of fused-ring (bicyclic) bond motifs is 3. The number of ether oxygens (including phenoxy) is 1. The summed E-state index contributed by atoms with van der Waals surface area (Å²) in [5.74, 6) is 0.375. The second kappa shape index (κ2) is 9.14. The Bertz CT molecular complexity index is 1140. The Hall–Kier alpha value is -3.54. The number of rotatable bonds is 5. The molecule has 0 bridgehead atoms. The first-order valence-electron chi connectivity index (χ1n) is 11.4. The molecule has 3 aromatic carbocycles. The van der Waals surface area contributed by atoms with E-state index in [2.05, 4.69) is 27.2 Å². The zero-order chi connectivity index (χ0) is 22.8. The van der Waals surface area contributed by atoms with E-state index >= 15 is 0 Å². The summed E-state index contributed by atoms with van der Waals surface area (Å²) in [6.45, 7) is 2.48. The standard InChI is InChI=1S/C27H28FN3O2/c1-33-21-12-11-20-15-22(27(32)29-17-19-7-3-2-4-8-19)26-18-30(13-14-31(26)25(20)16-21)24-10-6-5-9-23(24)28/h2-12,16,22,26H,13-15,17-18H2,1H3,(H,29,32)/t22-,26-/m1/s1. The summed E-state index contributed by atoms with van der Waals surface area (Å²) in [6.07, 6.45) is 0.645. The van der Waals surface area contributed by atoms with E-state index in [4.69, 9.17) is 4.74 Å². The van der Waals surface area contributed by atoms with Crippen molar-refractivity contribution in [3.8, 4) is 5.75 Å². The number of halogens is 1. The summed E-state index contributed by atoms with van der Waals surface area (Å²) in [7, 11) is 1.66. The van der Waals surface area contributed by atoms with E-state index in [1.54, 1.807) is 13.2 Å². The van der Waals surface area contributed by atoms with Crippen molar-refractivity contribution in [3.63, 3.8) is 0 Å². The van der Waals surface area contributed by atoms with E-state index in [1.165, 1.54) is 6.07 Å². The molecule has 5 rings (SSSR count). The van der Waals surface area contributed by atoms with Gasteiger partial charge in [0.15, 0.2) is 0 Å². The molecule has 1 fully saturated rings. The molecule has 5 nitrogen and oxygen atoms in total. The first-order valence-corrected chi connectivity index (χ1v) is 11.4. The molecule has 0 saturated carbocycles. The van der Waals surface area contributed by atoms with Crippen molar-refractivity contribution in [1.29, 1.82) is 0 Å². The highest BCUT2D eigenvalue weighted by molar-refractivity contribution is 5.82. The van der Waals surface area contributed by atoms with Crippen LogP contribution in [0.5, 0.6) is 5.75 Å². The monoisotopic (exact) mass is 445 g/mol. The molecule has 1 amide bonds. The van der Waals surface area contributed by atoms with E-state index in [9.17, 15) is 9.18 Å². The number of methoxy groups -OCH3 is 1. The molecule has 1 saturated heterocycles. The Balaban J connectivity index is 1.43. The minimum Gasteiger partial charge on any atom is -0.497 e. The molecule has 33 heavy (non-hydrogen) atoms. The van der Waals surface area contributed by atoms with Crippen LogP contribution in [0.4, 0.5) is 15.8 Å². The second-order valence-electron chi connectivity index (χ2n) is 8.67. The summed E-state index contributed by atoms with van der Waals surface area (Å²) in [5.41, 5.74) is 3.92. The molecular formula is C27H28FN3O2.